The second kappa shape index (κ2) is 5.14. The molecule has 0 aliphatic rings. The Bertz CT molecular complexity index is 633. The molecule has 0 aliphatic heterocycles. The summed E-state index contributed by atoms with van der Waals surface area (Å²) in [6.45, 7) is 5.90. The second-order valence-electron chi connectivity index (χ2n) is 4.84. The Hall–Kier alpha value is -2.29. The predicted octanol–water partition coefficient (Wildman–Crippen LogP) is 3.45. The van der Waals surface area contributed by atoms with Gasteiger partial charge in [0.05, 0.1) is 0 Å². The molecule has 0 bridgehead atoms. The molecule has 0 fully saturated rings. The molecule has 3 heteroatoms. The number of benzene rings is 2. The number of carbonyl (C=O) groups excluding carboxylic acids is 1. The summed E-state index contributed by atoms with van der Waals surface area (Å²) in [5.74, 6) is -0.116. The maximum Gasteiger partial charge on any atom is 0.255 e. The SMILES string of the molecule is Cc1ccc(NC(=O)c2ccc(N)c(C)c2)c(C)c1. The van der Waals surface area contributed by atoms with Gasteiger partial charge in [0.25, 0.3) is 5.91 Å². The molecule has 0 aromatic heterocycles. The highest BCUT2D eigenvalue weighted by atomic mass is 16.1. The molecule has 0 heterocycles. The first kappa shape index (κ1) is 13.1. The monoisotopic (exact) mass is 254 g/mol. The molecule has 0 spiro atoms. The minimum absolute atomic E-state index is 0.116. The van der Waals surface area contributed by atoms with Gasteiger partial charge in [-0.1, -0.05) is 17.7 Å². The number of hydrogen-bond donors (Lipinski definition) is 2. The Morgan fingerprint density at radius 3 is 2.37 bits per heavy atom. The van der Waals surface area contributed by atoms with Crippen LogP contribution in [0.3, 0.4) is 0 Å². The van der Waals surface area contributed by atoms with E-state index in [1.54, 1.807) is 18.2 Å². The van der Waals surface area contributed by atoms with Crippen molar-refractivity contribution in [3.63, 3.8) is 0 Å². The fraction of sp³-hybridized carbons (Fsp3) is 0.188. The van der Waals surface area contributed by atoms with Crippen molar-refractivity contribution in [1.82, 2.24) is 0 Å². The van der Waals surface area contributed by atoms with E-state index < -0.39 is 0 Å². The van der Waals surface area contributed by atoms with E-state index in [1.807, 2.05) is 39.0 Å². The average molecular weight is 254 g/mol. The molecule has 0 saturated heterocycles. The Labute approximate surface area is 113 Å². The molecule has 2 aromatic carbocycles. The van der Waals surface area contributed by atoms with Crippen molar-refractivity contribution < 1.29 is 4.79 Å². The van der Waals surface area contributed by atoms with Gasteiger partial charge in [0.2, 0.25) is 0 Å². The minimum Gasteiger partial charge on any atom is -0.399 e. The van der Waals surface area contributed by atoms with Crippen LogP contribution in [0.25, 0.3) is 0 Å². The molecule has 2 aromatic rings. The summed E-state index contributed by atoms with van der Waals surface area (Å²) in [6.07, 6.45) is 0. The van der Waals surface area contributed by atoms with E-state index in [1.165, 1.54) is 5.56 Å². The van der Waals surface area contributed by atoms with Crippen LogP contribution in [0, 0.1) is 20.8 Å². The number of anilines is 2. The van der Waals surface area contributed by atoms with E-state index in [9.17, 15) is 4.79 Å². The minimum atomic E-state index is -0.116. The molecular weight excluding hydrogens is 236 g/mol. The second-order valence-corrected chi connectivity index (χ2v) is 4.84. The Morgan fingerprint density at radius 1 is 1.00 bits per heavy atom. The van der Waals surface area contributed by atoms with Crippen molar-refractivity contribution in [3.8, 4) is 0 Å². The van der Waals surface area contributed by atoms with Gasteiger partial charge in [-0.05, 0) is 56.2 Å². The quantitative estimate of drug-likeness (QED) is 0.806. The summed E-state index contributed by atoms with van der Waals surface area (Å²) in [5, 5.41) is 2.92. The standard InChI is InChI=1S/C16H18N2O/c1-10-4-7-15(12(3)8-10)18-16(19)13-5-6-14(17)11(2)9-13/h4-9H,17H2,1-3H3,(H,18,19). The summed E-state index contributed by atoms with van der Waals surface area (Å²) in [6, 6.07) is 11.2. The van der Waals surface area contributed by atoms with Gasteiger partial charge in [-0.3, -0.25) is 4.79 Å². The predicted molar refractivity (Wildman–Crippen MR) is 79.5 cm³/mol. The zero-order valence-corrected chi connectivity index (χ0v) is 11.4. The number of nitrogen functional groups attached to an aromatic ring is 1. The third-order valence-corrected chi connectivity index (χ3v) is 3.16. The molecular formula is C16H18N2O. The highest BCUT2D eigenvalue weighted by Crippen LogP contribution is 2.18. The number of aryl methyl sites for hydroxylation is 3. The van der Waals surface area contributed by atoms with E-state index in [4.69, 9.17) is 5.73 Å². The van der Waals surface area contributed by atoms with Crippen LogP contribution in [0.5, 0.6) is 0 Å². The zero-order valence-electron chi connectivity index (χ0n) is 11.4. The molecule has 2 rings (SSSR count). The number of rotatable bonds is 2. The first-order valence-electron chi connectivity index (χ1n) is 6.22. The first-order chi connectivity index (χ1) is 8.97. The largest absolute Gasteiger partial charge is 0.399 e. The van der Waals surface area contributed by atoms with Gasteiger partial charge in [0.1, 0.15) is 0 Å². The lowest BCUT2D eigenvalue weighted by atomic mass is 10.1. The third kappa shape index (κ3) is 2.94. The molecule has 19 heavy (non-hydrogen) atoms. The smallest absolute Gasteiger partial charge is 0.255 e. The van der Waals surface area contributed by atoms with Crippen molar-refractivity contribution in [2.45, 2.75) is 20.8 Å². The van der Waals surface area contributed by atoms with Gasteiger partial charge in [-0.2, -0.15) is 0 Å². The lowest BCUT2D eigenvalue weighted by Gasteiger charge is -2.10. The number of nitrogens with two attached hydrogens (primary N) is 1. The maximum atomic E-state index is 12.2. The third-order valence-electron chi connectivity index (χ3n) is 3.16. The van der Waals surface area contributed by atoms with Gasteiger partial charge < -0.3 is 11.1 Å². The van der Waals surface area contributed by atoms with Crippen LogP contribution in [0.2, 0.25) is 0 Å². The van der Waals surface area contributed by atoms with Gasteiger partial charge in [-0.15, -0.1) is 0 Å². The van der Waals surface area contributed by atoms with Crippen molar-refractivity contribution in [2.75, 3.05) is 11.1 Å². The molecule has 0 unspecified atom stereocenters. The Balaban J connectivity index is 2.23. The van der Waals surface area contributed by atoms with Gasteiger partial charge in [0, 0.05) is 16.9 Å². The van der Waals surface area contributed by atoms with E-state index >= 15 is 0 Å². The number of hydrogen-bond acceptors (Lipinski definition) is 2. The number of nitrogens with one attached hydrogen (secondary N) is 1. The Morgan fingerprint density at radius 2 is 1.74 bits per heavy atom. The topological polar surface area (TPSA) is 55.1 Å². The summed E-state index contributed by atoms with van der Waals surface area (Å²) in [4.78, 5) is 12.2. The normalized spacial score (nSPS) is 10.3. The van der Waals surface area contributed by atoms with Crippen LogP contribution in [-0.2, 0) is 0 Å². The van der Waals surface area contributed by atoms with Crippen molar-refractivity contribution in [1.29, 1.82) is 0 Å². The van der Waals surface area contributed by atoms with E-state index in [0.717, 1.165) is 16.8 Å². The molecule has 0 radical (unpaired) electrons. The number of amides is 1. The van der Waals surface area contributed by atoms with E-state index in [-0.39, 0.29) is 5.91 Å². The summed E-state index contributed by atoms with van der Waals surface area (Å²) < 4.78 is 0. The summed E-state index contributed by atoms with van der Waals surface area (Å²) in [5.41, 5.74) is 11.0. The maximum absolute atomic E-state index is 12.2. The molecule has 3 nitrogen and oxygen atoms in total. The fourth-order valence-corrected chi connectivity index (χ4v) is 1.97. The molecule has 98 valence electrons. The highest BCUT2D eigenvalue weighted by molar-refractivity contribution is 6.05. The van der Waals surface area contributed by atoms with Crippen LogP contribution >= 0.6 is 0 Å². The zero-order chi connectivity index (χ0) is 14.0. The van der Waals surface area contributed by atoms with Crippen LogP contribution in [-0.4, -0.2) is 5.91 Å². The molecule has 3 N–H and O–H groups in total. The lowest BCUT2D eigenvalue weighted by Crippen LogP contribution is -2.13. The fourth-order valence-electron chi connectivity index (χ4n) is 1.97. The highest BCUT2D eigenvalue weighted by Gasteiger charge is 2.08. The van der Waals surface area contributed by atoms with Crippen LogP contribution in [0.4, 0.5) is 11.4 Å². The van der Waals surface area contributed by atoms with Crippen LogP contribution < -0.4 is 11.1 Å². The van der Waals surface area contributed by atoms with Crippen LogP contribution in [0.15, 0.2) is 36.4 Å². The van der Waals surface area contributed by atoms with Gasteiger partial charge in [0.15, 0.2) is 0 Å². The molecule has 0 aliphatic carbocycles. The average Bonchev–Trinajstić information content (AvgIpc) is 2.36. The van der Waals surface area contributed by atoms with E-state index in [0.29, 0.717) is 11.3 Å². The summed E-state index contributed by atoms with van der Waals surface area (Å²) >= 11 is 0. The lowest BCUT2D eigenvalue weighted by molar-refractivity contribution is 0.102. The van der Waals surface area contributed by atoms with Crippen molar-refractivity contribution in [3.05, 3.63) is 58.7 Å². The molecule has 1 amide bonds. The van der Waals surface area contributed by atoms with E-state index in [2.05, 4.69) is 5.32 Å². The Kier molecular flexibility index (Phi) is 3.56. The van der Waals surface area contributed by atoms with Gasteiger partial charge in [-0.25, -0.2) is 0 Å². The summed E-state index contributed by atoms with van der Waals surface area (Å²) in [7, 11) is 0. The van der Waals surface area contributed by atoms with Crippen LogP contribution in [0.1, 0.15) is 27.0 Å². The van der Waals surface area contributed by atoms with Gasteiger partial charge >= 0.3 is 0 Å². The first-order valence-corrected chi connectivity index (χ1v) is 6.22. The molecule has 0 saturated carbocycles. The van der Waals surface area contributed by atoms with Crippen molar-refractivity contribution >= 4 is 17.3 Å². The number of carbonyl (C=O) groups is 1. The van der Waals surface area contributed by atoms with Crippen molar-refractivity contribution in [2.24, 2.45) is 0 Å². The molecule has 0 atom stereocenters.